The minimum absolute atomic E-state index is 0.0150. The van der Waals surface area contributed by atoms with Crippen LogP contribution in [0.25, 0.3) is 0 Å². The Labute approximate surface area is 194 Å². The zero-order valence-electron chi connectivity index (χ0n) is 18.3. The second-order valence-corrected chi connectivity index (χ2v) is 10.8. The van der Waals surface area contributed by atoms with Crippen LogP contribution in [0.1, 0.15) is 44.1 Å². The third-order valence-corrected chi connectivity index (χ3v) is 8.25. The highest BCUT2D eigenvalue weighted by molar-refractivity contribution is 8.07. The molecule has 2 atom stereocenters. The molecule has 1 aromatic carbocycles. The third-order valence-electron chi connectivity index (χ3n) is 6.89. The molecular weight excluding hydrogens is 434 g/mol. The van der Waals surface area contributed by atoms with Crippen LogP contribution in [0.5, 0.6) is 0 Å². The largest absolute Gasteiger partial charge is 0.363 e. The van der Waals surface area contributed by atoms with Gasteiger partial charge in [0, 0.05) is 36.0 Å². The van der Waals surface area contributed by atoms with Crippen molar-refractivity contribution in [2.45, 2.75) is 67.3 Å². The van der Waals surface area contributed by atoms with Crippen LogP contribution in [0.3, 0.4) is 0 Å². The first-order chi connectivity index (χ1) is 14.9. The van der Waals surface area contributed by atoms with E-state index in [1.54, 1.807) is 11.8 Å². The Morgan fingerprint density at radius 3 is 2.77 bits per heavy atom. The van der Waals surface area contributed by atoms with Crippen LogP contribution in [-0.2, 0) is 20.7 Å². The smallest absolute Gasteiger partial charge is 0.224 e. The zero-order valence-corrected chi connectivity index (χ0v) is 19.9. The Bertz CT molecular complexity index is 813. The van der Waals surface area contributed by atoms with Crippen LogP contribution in [0.2, 0.25) is 5.02 Å². The van der Waals surface area contributed by atoms with Gasteiger partial charge in [0.1, 0.15) is 10.8 Å². The van der Waals surface area contributed by atoms with E-state index in [9.17, 15) is 9.59 Å². The van der Waals surface area contributed by atoms with Gasteiger partial charge in [-0.1, -0.05) is 35.5 Å². The van der Waals surface area contributed by atoms with Gasteiger partial charge in [0.2, 0.25) is 11.8 Å². The first-order valence-corrected chi connectivity index (χ1v) is 12.5. The van der Waals surface area contributed by atoms with E-state index in [1.165, 1.54) is 5.56 Å². The van der Waals surface area contributed by atoms with Gasteiger partial charge in [0.15, 0.2) is 0 Å². The van der Waals surface area contributed by atoms with E-state index >= 15 is 0 Å². The molecule has 4 rings (SSSR count). The van der Waals surface area contributed by atoms with E-state index in [0.29, 0.717) is 13.2 Å². The summed E-state index contributed by atoms with van der Waals surface area (Å²) in [6.45, 7) is 1.23. The number of morpholine rings is 1. The molecule has 1 aromatic rings. The number of likely N-dealkylation sites (N-methyl/N-ethyl adjacent to an activating group) is 1. The van der Waals surface area contributed by atoms with Crippen molar-refractivity contribution in [3.8, 4) is 0 Å². The summed E-state index contributed by atoms with van der Waals surface area (Å²) in [4.78, 5) is 29.1. The van der Waals surface area contributed by atoms with Crippen molar-refractivity contribution in [2.75, 3.05) is 27.2 Å². The Hall–Kier alpha value is -1.28. The molecule has 1 aliphatic carbocycles. The SMILES string of the molecule is CN(C)C1(Cc2cccc(Cl)c2)CCC(NC(=O)CCC(=O)N2CCOC3SC32)CC1. The van der Waals surface area contributed by atoms with Crippen molar-refractivity contribution < 1.29 is 14.3 Å². The molecule has 6 nitrogen and oxygen atoms in total. The van der Waals surface area contributed by atoms with Crippen LogP contribution in [0, 0.1) is 0 Å². The minimum atomic E-state index is -0.0150. The molecule has 3 aliphatic rings. The average Bonchev–Trinajstić information content (AvgIpc) is 3.53. The molecule has 1 saturated carbocycles. The summed E-state index contributed by atoms with van der Waals surface area (Å²) in [5.41, 5.74) is 1.48. The lowest BCUT2D eigenvalue weighted by Crippen LogP contribution is -2.52. The van der Waals surface area contributed by atoms with Gasteiger partial charge in [-0.2, -0.15) is 0 Å². The standard InChI is InChI=1S/C23H32ClN3O3S/c1-26(2)23(15-16-4-3-5-17(24)14-16)10-8-18(9-11-23)25-19(28)6-7-20(29)27-12-13-30-22-21(27)31-22/h3-5,14,18,21-22H,6-13,15H2,1-2H3,(H,25,28). The fourth-order valence-electron chi connectivity index (χ4n) is 4.87. The number of carbonyl (C=O) groups is 2. The number of hydrogen-bond donors (Lipinski definition) is 1. The molecule has 2 aliphatic heterocycles. The predicted octanol–water partition coefficient (Wildman–Crippen LogP) is 3.28. The first kappa shape index (κ1) is 22.9. The maximum absolute atomic E-state index is 12.5. The van der Waals surface area contributed by atoms with Crippen molar-refractivity contribution in [3.63, 3.8) is 0 Å². The van der Waals surface area contributed by atoms with E-state index in [-0.39, 0.29) is 47.0 Å². The monoisotopic (exact) mass is 465 g/mol. The predicted molar refractivity (Wildman–Crippen MR) is 124 cm³/mol. The maximum Gasteiger partial charge on any atom is 0.224 e. The number of carbonyl (C=O) groups excluding carboxylic acids is 2. The Kier molecular flexibility index (Phi) is 7.16. The fourth-order valence-corrected chi connectivity index (χ4v) is 6.03. The van der Waals surface area contributed by atoms with Gasteiger partial charge in [0.25, 0.3) is 0 Å². The summed E-state index contributed by atoms with van der Waals surface area (Å²) in [6.07, 6.45) is 5.42. The van der Waals surface area contributed by atoms with Crippen LogP contribution in [0.15, 0.2) is 24.3 Å². The average molecular weight is 466 g/mol. The summed E-state index contributed by atoms with van der Waals surface area (Å²) < 4.78 is 5.51. The molecule has 3 fully saturated rings. The van der Waals surface area contributed by atoms with Gasteiger partial charge >= 0.3 is 0 Å². The van der Waals surface area contributed by atoms with Crippen LogP contribution in [-0.4, -0.2) is 71.3 Å². The normalized spacial score (nSPS) is 30.1. The Morgan fingerprint density at radius 2 is 2.06 bits per heavy atom. The topological polar surface area (TPSA) is 61.9 Å². The first-order valence-electron chi connectivity index (χ1n) is 11.1. The van der Waals surface area contributed by atoms with Gasteiger partial charge in [0.05, 0.1) is 6.61 Å². The highest BCUT2D eigenvalue weighted by atomic mass is 35.5. The highest BCUT2D eigenvalue weighted by Crippen LogP contribution is 2.46. The number of fused-ring (bicyclic) bond motifs is 1. The van der Waals surface area contributed by atoms with Crippen molar-refractivity contribution >= 4 is 35.2 Å². The van der Waals surface area contributed by atoms with Crippen LogP contribution in [0.4, 0.5) is 0 Å². The summed E-state index contributed by atoms with van der Waals surface area (Å²) in [7, 11) is 4.28. The molecule has 0 bridgehead atoms. The summed E-state index contributed by atoms with van der Waals surface area (Å²) in [5, 5.41) is 4.11. The van der Waals surface area contributed by atoms with Gasteiger partial charge < -0.3 is 19.9 Å². The molecule has 0 spiro atoms. The zero-order chi connectivity index (χ0) is 22.0. The lowest BCUT2D eigenvalue weighted by Gasteiger charge is -2.45. The molecule has 2 amide bonds. The van der Waals surface area contributed by atoms with Gasteiger partial charge in [-0.3, -0.25) is 9.59 Å². The molecule has 2 unspecified atom stereocenters. The quantitative estimate of drug-likeness (QED) is 0.626. The molecule has 1 N–H and O–H groups in total. The van der Waals surface area contributed by atoms with E-state index in [0.717, 1.165) is 37.1 Å². The number of amides is 2. The van der Waals surface area contributed by atoms with Crippen molar-refractivity contribution in [3.05, 3.63) is 34.9 Å². The van der Waals surface area contributed by atoms with Gasteiger partial charge in [-0.05, 0) is 63.9 Å². The third kappa shape index (κ3) is 5.56. The number of benzene rings is 1. The molecule has 31 heavy (non-hydrogen) atoms. The fraction of sp³-hybridized carbons (Fsp3) is 0.652. The number of hydrogen-bond acceptors (Lipinski definition) is 5. The van der Waals surface area contributed by atoms with E-state index in [4.69, 9.17) is 16.3 Å². The molecule has 2 heterocycles. The molecule has 0 radical (unpaired) electrons. The van der Waals surface area contributed by atoms with E-state index in [2.05, 4.69) is 36.4 Å². The lowest BCUT2D eigenvalue weighted by molar-refractivity contribution is -0.137. The molecule has 0 aromatic heterocycles. The van der Waals surface area contributed by atoms with E-state index in [1.807, 2.05) is 17.0 Å². The van der Waals surface area contributed by atoms with Crippen molar-refractivity contribution in [2.24, 2.45) is 0 Å². The molecule has 170 valence electrons. The number of nitrogens with one attached hydrogen (secondary N) is 1. The summed E-state index contributed by atoms with van der Waals surface area (Å²) in [5.74, 6) is 0.0500. The molecular formula is C23H32ClN3O3S. The second kappa shape index (κ2) is 9.69. The van der Waals surface area contributed by atoms with Crippen molar-refractivity contribution in [1.82, 2.24) is 15.1 Å². The van der Waals surface area contributed by atoms with Gasteiger partial charge in [-0.15, -0.1) is 0 Å². The summed E-state index contributed by atoms with van der Waals surface area (Å²) >= 11 is 7.86. The maximum atomic E-state index is 12.5. The number of thioether (sulfide) groups is 1. The number of rotatable bonds is 7. The minimum Gasteiger partial charge on any atom is -0.363 e. The lowest BCUT2D eigenvalue weighted by atomic mass is 9.75. The number of nitrogens with zero attached hydrogens (tertiary/aromatic N) is 2. The Morgan fingerprint density at radius 1 is 1.29 bits per heavy atom. The van der Waals surface area contributed by atoms with Crippen LogP contribution >= 0.6 is 23.4 Å². The molecule has 2 saturated heterocycles. The Balaban J connectivity index is 1.23. The molecule has 8 heteroatoms. The summed E-state index contributed by atoms with van der Waals surface area (Å²) in [6, 6.07) is 8.29. The van der Waals surface area contributed by atoms with E-state index < -0.39 is 0 Å². The number of ether oxygens (including phenoxy) is 1. The van der Waals surface area contributed by atoms with Gasteiger partial charge in [-0.25, -0.2) is 0 Å². The van der Waals surface area contributed by atoms with Crippen molar-refractivity contribution in [1.29, 1.82) is 0 Å². The number of halogens is 1. The second-order valence-electron chi connectivity index (χ2n) is 9.12. The van der Waals surface area contributed by atoms with Crippen LogP contribution < -0.4 is 5.32 Å². The highest BCUT2D eigenvalue weighted by Gasteiger charge is 2.48.